The van der Waals surface area contributed by atoms with Crippen LogP contribution in [-0.2, 0) is 4.79 Å². The lowest BCUT2D eigenvalue weighted by Gasteiger charge is -2.49. The van der Waals surface area contributed by atoms with Crippen molar-refractivity contribution in [1.82, 2.24) is 10.2 Å². The fourth-order valence-corrected chi connectivity index (χ4v) is 4.34. The van der Waals surface area contributed by atoms with Crippen LogP contribution < -0.4 is 5.32 Å². The Hall–Kier alpha value is -0.610. The minimum absolute atomic E-state index is 0.254. The summed E-state index contributed by atoms with van der Waals surface area (Å²) in [6, 6.07) is 0. The maximum Gasteiger partial charge on any atom is 0.242 e. The lowest BCUT2D eigenvalue weighted by molar-refractivity contribution is -0.150. The fourth-order valence-electron chi connectivity index (χ4n) is 4.34. The van der Waals surface area contributed by atoms with E-state index in [4.69, 9.17) is 0 Å². The zero-order valence-electron chi connectivity index (χ0n) is 12.7. The third-order valence-electron chi connectivity index (χ3n) is 5.81. The van der Waals surface area contributed by atoms with Crippen molar-refractivity contribution in [3.8, 4) is 0 Å². The summed E-state index contributed by atoms with van der Waals surface area (Å²) in [7, 11) is 0. The van der Waals surface area contributed by atoms with Crippen molar-refractivity contribution < 1.29 is 9.90 Å². The first-order chi connectivity index (χ1) is 9.54. The molecule has 0 radical (unpaired) electrons. The third kappa shape index (κ3) is 2.48. The number of fused-ring (bicyclic) bond motifs is 1. The molecular formula is C16H28N2O2. The summed E-state index contributed by atoms with van der Waals surface area (Å²) in [6.07, 6.45) is 8.35. The molecule has 2 heterocycles. The molecule has 1 aliphatic carbocycles. The minimum atomic E-state index is -0.490. The first-order valence-electron chi connectivity index (χ1n) is 8.30. The van der Waals surface area contributed by atoms with Crippen LogP contribution in [0.3, 0.4) is 0 Å². The number of aliphatic hydroxyl groups is 1. The molecule has 4 nitrogen and oxygen atoms in total. The van der Waals surface area contributed by atoms with Crippen molar-refractivity contribution >= 4 is 5.91 Å². The van der Waals surface area contributed by atoms with E-state index in [-0.39, 0.29) is 11.4 Å². The zero-order chi connectivity index (χ0) is 14.2. The topological polar surface area (TPSA) is 52.6 Å². The van der Waals surface area contributed by atoms with Crippen LogP contribution in [0.1, 0.15) is 58.3 Å². The van der Waals surface area contributed by atoms with Crippen molar-refractivity contribution in [3.63, 3.8) is 0 Å². The molecule has 1 amide bonds. The van der Waals surface area contributed by atoms with Crippen molar-refractivity contribution in [3.05, 3.63) is 0 Å². The number of likely N-dealkylation sites (tertiary alicyclic amines) is 1. The van der Waals surface area contributed by atoms with Crippen molar-refractivity contribution in [1.29, 1.82) is 0 Å². The molecule has 3 rings (SSSR count). The number of nitrogens with one attached hydrogen (secondary N) is 1. The van der Waals surface area contributed by atoms with Crippen molar-refractivity contribution in [2.45, 2.75) is 69.4 Å². The van der Waals surface area contributed by atoms with E-state index < -0.39 is 5.60 Å². The van der Waals surface area contributed by atoms with E-state index in [0.717, 1.165) is 58.2 Å². The molecule has 0 aromatic heterocycles. The van der Waals surface area contributed by atoms with Gasteiger partial charge in [0, 0.05) is 19.0 Å². The zero-order valence-corrected chi connectivity index (χ0v) is 12.7. The van der Waals surface area contributed by atoms with Gasteiger partial charge in [-0.1, -0.05) is 12.8 Å². The van der Waals surface area contributed by atoms with Crippen LogP contribution in [0.15, 0.2) is 0 Å². The van der Waals surface area contributed by atoms with Gasteiger partial charge in [0.25, 0.3) is 0 Å². The number of carbonyl (C=O) groups is 1. The summed E-state index contributed by atoms with van der Waals surface area (Å²) in [4.78, 5) is 14.9. The quantitative estimate of drug-likeness (QED) is 0.768. The number of nitrogens with zero attached hydrogens (tertiary/aromatic N) is 1. The van der Waals surface area contributed by atoms with Crippen LogP contribution in [0, 0.1) is 5.92 Å². The number of hydrogen-bond acceptors (Lipinski definition) is 3. The van der Waals surface area contributed by atoms with E-state index >= 15 is 0 Å². The Morgan fingerprint density at radius 3 is 2.75 bits per heavy atom. The van der Waals surface area contributed by atoms with Crippen LogP contribution in [0.4, 0.5) is 0 Å². The van der Waals surface area contributed by atoms with E-state index in [1.165, 1.54) is 12.8 Å². The molecule has 0 spiro atoms. The molecule has 2 N–H and O–H groups in total. The summed E-state index contributed by atoms with van der Waals surface area (Å²) in [5, 5.41) is 14.1. The summed E-state index contributed by atoms with van der Waals surface area (Å²) in [5.74, 6) is 0.547. The van der Waals surface area contributed by atoms with Gasteiger partial charge in [-0.2, -0.15) is 0 Å². The summed E-state index contributed by atoms with van der Waals surface area (Å²) < 4.78 is 0. The van der Waals surface area contributed by atoms with E-state index in [0.29, 0.717) is 5.92 Å². The molecule has 114 valence electrons. The highest BCUT2D eigenvalue weighted by Gasteiger charge is 2.46. The molecule has 3 aliphatic rings. The standard InChI is InChI=1S/C16H28N2O2/c1-15(7-4-5-10-17-15)14(19)18-11-9-16(20)8-3-2-6-13(16)12-18/h13,17,20H,2-12H2,1H3. The third-order valence-corrected chi connectivity index (χ3v) is 5.81. The highest BCUT2D eigenvalue weighted by Crippen LogP contribution is 2.40. The Bertz CT molecular complexity index is 379. The summed E-state index contributed by atoms with van der Waals surface area (Å²) >= 11 is 0. The van der Waals surface area contributed by atoms with Gasteiger partial charge in [-0.3, -0.25) is 4.79 Å². The first kappa shape index (κ1) is 14.3. The Kier molecular flexibility index (Phi) is 3.80. The number of rotatable bonds is 1. The fraction of sp³-hybridized carbons (Fsp3) is 0.938. The molecule has 1 saturated carbocycles. The largest absolute Gasteiger partial charge is 0.389 e. The van der Waals surface area contributed by atoms with Gasteiger partial charge in [-0.05, 0) is 52.0 Å². The second kappa shape index (κ2) is 5.30. The summed E-state index contributed by atoms with van der Waals surface area (Å²) in [6.45, 7) is 4.48. The van der Waals surface area contributed by atoms with E-state index in [1.807, 2.05) is 4.90 Å². The second-order valence-electron chi connectivity index (χ2n) is 7.26. The lowest BCUT2D eigenvalue weighted by atomic mass is 9.71. The van der Waals surface area contributed by atoms with Gasteiger partial charge < -0.3 is 15.3 Å². The Morgan fingerprint density at radius 2 is 2.00 bits per heavy atom. The molecule has 20 heavy (non-hydrogen) atoms. The van der Waals surface area contributed by atoms with E-state index in [2.05, 4.69) is 12.2 Å². The Morgan fingerprint density at radius 1 is 1.20 bits per heavy atom. The van der Waals surface area contributed by atoms with Crippen LogP contribution in [0.2, 0.25) is 0 Å². The number of carbonyl (C=O) groups excluding carboxylic acids is 1. The molecule has 0 aromatic rings. The predicted molar refractivity (Wildman–Crippen MR) is 78.4 cm³/mol. The number of piperidine rings is 2. The van der Waals surface area contributed by atoms with Gasteiger partial charge in [-0.15, -0.1) is 0 Å². The van der Waals surface area contributed by atoms with Gasteiger partial charge in [0.05, 0.1) is 11.1 Å². The maximum atomic E-state index is 12.8. The second-order valence-corrected chi connectivity index (χ2v) is 7.26. The van der Waals surface area contributed by atoms with Crippen LogP contribution >= 0.6 is 0 Å². The predicted octanol–water partition coefficient (Wildman–Crippen LogP) is 1.67. The molecule has 3 atom stereocenters. The smallest absolute Gasteiger partial charge is 0.242 e. The number of hydrogen-bond donors (Lipinski definition) is 2. The summed E-state index contributed by atoms with van der Waals surface area (Å²) in [5.41, 5.74) is -0.863. The molecule has 0 aromatic carbocycles. The molecule has 2 aliphatic heterocycles. The molecule has 2 saturated heterocycles. The molecular weight excluding hydrogens is 252 g/mol. The normalized spacial score (nSPS) is 42.1. The Balaban J connectivity index is 1.68. The lowest BCUT2D eigenvalue weighted by Crippen LogP contribution is -2.62. The molecule has 4 heteroatoms. The van der Waals surface area contributed by atoms with E-state index in [1.54, 1.807) is 0 Å². The van der Waals surface area contributed by atoms with E-state index in [9.17, 15) is 9.90 Å². The van der Waals surface area contributed by atoms with Crippen molar-refractivity contribution in [2.24, 2.45) is 5.92 Å². The Labute approximate surface area is 121 Å². The first-order valence-corrected chi connectivity index (χ1v) is 8.30. The van der Waals surface area contributed by atoms with Crippen LogP contribution in [0.5, 0.6) is 0 Å². The van der Waals surface area contributed by atoms with Crippen LogP contribution in [0.25, 0.3) is 0 Å². The van der Waals surface area contributed by atoms with Gasteiger partial charge in [-0.25, -0.2) is 0 Å². The monoisotopic (exact) mass is 280 g/mol. The van der Waals surface area contributed by atoms with Gasteiger partial charge in [0.2, 0.25) is 5.91 Å². The highest BCUT2D eigenvalue weighted by atomic mass is 16.3. The SMILES string of the molecule is CC1(C(=O)N2CCC3(O)CCCCC3C2)CCCCN1. The average Bonchev–Trinajstić information content (AvgIpc) is 2.46. The minimum Gasteiger partial charge on any atom is -0.389 e. The van der Waals surface area contributed by atoms with Gasteiger partial charge in [0.1, 0.15) is 0 Å². The molecule has 3 unspecified atom stereocenters. The van der Waals surface area contributed by atoms with Gasteiger partial charge in [0.15, 0.2) is 0 Å². The maximum absolute atomic E-state index is 12.8. The average molecular weight is 280 g/mol. The van der Waals surface area contributed by atoms with Crippen LogP contribution in [-0.4, -0.2) is 46.7 Å². The highest BCUT2D eigenvalue weighted by molar-refractivity contribution is 5.86. The molecule has 3 fully saturated rings. The number of amides is 1. The molecule has 0 bridgehead atoms. The van der Waals surface area contributed by atoms with Gasteiger partial charge >= 0.3 is 0 Å². The van der Waals surface area contributed by atoms with Crippen molar-refractivity contribution in [2.75, 3.05) is 19.6 Å².